The van der Waals surface area contributed by atoms with Crippen LogP contribution in [0, 0.1) is 11.6 Å². The third-order valence-corrected chi connectivity index (χ3v) is 7.56. The molecule has 33 heavy (non-hydrogen) atoms. The van der Waals surface area contributed by atoms with Gasteiger partial charge in [-0.2, -0.15) is 4.31 Å². The zero-order valence-corrected chi connectivity index (χ0v) is 19.0. The summed E-state index contributed by atoms with van der Waals surface area (Å²) in [7, 11) is -3.80. The Bertz CT molecular complexity index is 1300. The van der Waals surface area contributed by atoms with Crippen molar-refractivity contribution in [1.29, 1.82) is 0 Å². The average molecular weight is 479 g/mol. The fourth-order valence-corrected chi connectivity index (χ4v) is 5.79. The molecule has 1 aliphatic heterocycles. The summed E-state index contributed by atoms with van der Waals surface area (Å²) in [6.07, 6.45) is 1.78. The van der Waals surface area contributed by atoms with Crippen molar-refractivity contribution in [1.82, 2.24) is 8.87 Å². The number of fused-ring (bicyclic) bond motifs is 1. The fourth-order valence-electron chi connectivity index (χ4n) is 4.29. The largest absolute Gasteiger partial charge is 0.491 e. The van der Waals surface area contributed by atoms with Crippen LogP contribution in [0.2, 0.25) is 0 Å². The molecule has 0 bridgehead atoms. The van der Waals surface area contributed by atoms with E-state index in [0.717, 1.165) is 16.7 Å². The van der Waals surface area contributed by atoms with Crippen molar-refractivity contribution >= 4 is 26.9 Å². The number of rotatable bonds is 7. The van der Waals surface area contributed by atoms with Crippen LogP contribution in [0.3, 0.4) is 0 Å². The van der Waals surface area contributed by atoms with Crippen LogP contribution in [-0.4, -0.2) is 47.6 Å². The van der Waals surface area contributed by atoms with Crippen molar-refractivity contribution in [2.45, 2.75) is 43.7 Å². The Morgan fingerprint density at radius 2 is 1.82 bits per heavy atom. The first-order chi connectivity index (χ1) is 15.6. The molecule has 0 aliphatic carbocycles. The topological polar surface area (TPSA) is 88.8 Å². The first-order valence-electron chi connectivity index (χ1n) is 10.5. The highest BCUT2D eigenvalue weighted by Gasteiger charge is 2.35. The van der Waals surface area contributed by atoms with E-state index in [2.05, 4.69) is 0 Å². The quantitative estimate of drug-likeness (QED) is 0.555. The number of aliphatic carboxylic acids is 1. The van der Waals surface area contributed by atoms with Gasteiger partial charge in [-0.1, -0.05) is 0 Å². The van der Waals surface area contributed by atoms with Crippen molar-refractivity contribution in [3.63, 3.8) is 0 Å². The van der Waals surface area contributed by atoms with Crippen LogP contribution in [-0.2, 0) is 21.4 Å². The molecule has 2 heterocycles. The molecule has 1 aromatic heterocycles. The van der Waals surface area contributed by atoms with Crippen LogP contribution >= 0.6 is 0 Å². The highest BCUT2D eigenvalue weighted by molar-refractivity contribution is 7.89. The molecule has 2 aromatic carbocycles. The number of aromatic nitrogens is 1. The number of hydrogen-bond donors (Lipinski definition) is 1. The van der Waals surface area contributed by atoms with E-state index in [-0.39, 0.29) is 35.0 Å². The van der Waals surface area contributed by atoms with Crippen LogP contribution in [0.4, 0.5) is 8.78 Å². The van der Waals surface area contributed by atoms with E-state index in [1.807, 2.05) is 13.8 Å². The molecular formula is C23H24F2N2O5S. The predicted octanol–water partition coefficient (Wildman–Crippen LogP) is 3.97. The zero-order chi connectivity index (χ0) is 23.9. The number of halogens is 2. The molecule has 0 saturated carbocycles. The van der Waals surface area contributed by atoms with Gasteiger partial charge in [0.05, 0.1) is 16.5 Å². The highest BCUT2D eigenvalue weighted by Crippen LogP contribution is 2.38. The minimum atomic E-state index is -3.80. The lowest BCUT2D eigenvalue weighted by Crippen LogP contribution is -2.28. The van der Waals surface area contributed by atoms with Crippen LogP contribution in [0.1, 0.15) is 31.7 Å². The van der Waals surface area contributed by atoms with Crippen LogP contribution in [0.5, 0.6) is 5.75 Å². The minimum absolute atomic E-state index is 0.00400. The number of hydrogen-bond acceptors (Lipinski definition) is 4. The van der Waals surface area contributed by atoms with E-state index in [9.17, 15) is 27.1 Å². The van der Waals surface area contributed by atoms with Gasteiger partial charge < -0.3 is 14.4 Å². The average Bonchev–Trinajstić information content (AvgIpc) is 3.36. The van der Waals surface area contributed by atoms with Crippen LogP contribution < -0.4 is 4.74 Å². The summed E-state index contributed by atoms with van der Waals surface area (Å²) in [4.78, 5) is 11.3. The summed E-state index contributed by atoms with van der Waals surface area (Å²) in [6.45, 7) is 3.50. The maximum atomic E-state index is 14.7. The number of carbonyl (C=O) groups is 1. The Morgan fingerprint density at radius 1 is 1.15 bits per heavy atom. The Morgan fingerprint density at radius 3 is 2.45 bits per heavy atom. The number of sulfonamides is 1. The molecule has 1 atom stereocenters. The van der Waals surface area contributed by atoms with Crippen molar-refractivity contribution in [2.75, 3.05) is 13.1 Å². The van der Waals surface area contributed by atoms with E-state index in [0.29, 0.717) is 17.7 Å². The van der Waals surface area contributed by atoms with Gasteiger partial charge in [0.1, 0.15) is 23.9 Å². The van der Waals surface area contributed by atoms with Crippen LogP contribution in [0.15, 0.2) is 47.5 Å². The first kappa shape index (κ1) is 23.2. The molecular weight excluding hydrogens is 454 g/mol. The van der Waals surface area contributed by atoms with Crippen LogP contribution in [0.25, 0.3) is 10.9 Å². The highest BCUT2D eigenvalue weighted by atomic mass is 32.2. The van der Waals surface area contributed by atoms with Gasteiger partial charge in [-0.25, -0.2) is 17.2 Å². The molecule has 0 amide bonds. The van der Waals surface area contributed by atoms with Crippen molar-refractivity contribution in [3.8, 4) is 5.75 Å². The van der Waals surface area contributed by atoms with E-state index < -0.39 is 40.1 Å². The van der Waals surface area contributed by atoms with E-state index in [1.165, 1.54) is 22.6 Å². The number of benzene rings is 2. The van der Waals surface area contributed by atoms with Gasteiger partial charge >= 0.3 is 5.97 Å². The lowest BCUT2D eigenvalue weighted by Gasteiger charge is -2.17. The van der Waals surface area contributed by atoms with Crippen molar-refractivity contribution in [2.24, 2.45) is 0 Å². The first-order valence-corrected chi connectivity index (χ1v) is 12.0. The number of carboxylic acids is 1. The van der Waals surface area contributed by atoms with Crippen molar-refractivity contribution < 1.29 is 31.8 Å². The molecule has 3 aromatic rings. The standard InChI is InChI=1S/C23H24F2N2O5S/c1-14(2)32-16-3-5-17(6-4-16)33(30,31)27-10-9-15(11-27)18-12-26(13-21(28)29)23-20(25)8-7-19(24)22(18)23/h3-8,12,14-15H,9-11,13H2,1-2H3,(H,28,29). The third kappa shape index (κ3) is 4.45. The Kier molecular flexibility index (Phi) is 6.15. The third-order valence-electron chi connectivity index (χ3n) is 5.68. The van der Waals surface area contributed by atoms with Gasteiger partial charge in [-0.05, 0) is 62.2 Å². The molecule has 7 nitrogen and oxygen atoms in total. The van der Waals surface area contributed by atoms with Gasteiger partial charge in [-0.3, -0.25) is 4.79 Å². The van der Waals surface area contributed by atoms with E-state index >= 15 is 0 Å². The zero-order valence-electron chi connectivity index (χ0n) is 18.2. The fraction of sp³-hybridized carbons (Fsp3) is 0.348. The predicted molar refractivity (Wildman–Crippen MR) is 118 cm³/mol. The molecule has 1 N–H and O–H groups in total. The van der Waals surface area contributed by atoms with Gasteiger partial charge in [0, 0.05) is 30.6 Å². The lowest BCUT2D eigenvalue weighted by atomic mass is 9.97. The second-order valence-electron chi connectivity index (χ2n) is 8.35. The summed E-state index contributed by atoms with van der Waals surface area (Å²) in [5.74, 6) is -2.44. The second kappa shape index (κ2) is 8.75. The van der Waals surface area contributed by atoms with Gasteiger partial charge in [0.25, 0.3) is 0 Å². The molecule has 176 valence electrons. The van der Waals surface area contributed by atoms with Gasteiger partial charge in [0.2, 0.25) is 10.0 Å². The number of ether oxygens (including phenoxy) is 1. The maximum Gasteiger partial charge on any atom is 0.323 e. The summed E-state index contributed by atoms with van der Waals surface area (Å²) < 4.78 is 63.5. The molecule has 0 spiro atoms. The van der Waals surface area contributed by atoms with E-state index in [4.69, 9.17) is 4.74 Å². The van der Waals surface area contributed by atoms with E-state index in [1.54, 1.807) is 12.1 Å². The summed E-state index contributed by atoms with van der Waals surface area (Å²) in [6, 6.07) is 8.10. The van der Waals surface area contributed by atoms with Gasteiger partial charge in [0.15, 0.2) is 0 Å². The maximum absolute atomic E-state index is 14.7. The van der Waals surface area contributed by atoms with Gasteiger partial charge in [-0.15, -0.1) is 0 Å². The Balaban J connectivity index is 1.64. The molecule has 1 fully saturated rings. The number of nitrogens with zero attached hydrogens (tertiary/aromatic N) is 2. The smallest absolute Gasteiger partial charge is 0.323 e. The monoisotopic (exact) mass is 478 g/mol. The molecule has 1 unspecified atom stereocenters. The molecule has 1 aliphatic rings. The summed E-state index contributed by atoms with van der Waals surface area (Å²) in [5.41, 5.74) is 0.274. The summed E-state index contributed by atoms with van der Waals surface area (Å²) in [5, 5.41) is 9.17. The van der Waals surface area contributed by atoms with Crippen molar-refractivity contribution in [3.05, 3.63) is 59.8 Å². The molecule has 10 heteroatoms. The number of carboxylic acid groups (broad SMARTS) is 1. The lowest BCUT2D eigenvalue weighted by molar-refractivity contribution is -0.137. The Hall–Kier alpha value is -2.98. The molecule has 0 radical (unpaired) electrons. The summed E-state index contributed by atoms with van der Waals surface area (Å²) >= 11 is 0. The molecule has 1 saturated heterocycles. The molecule has 4 rings (SSSR count). The SMILES string of the molecule is CC(C)Oc1ccc(S(=O)(=O)N2CCC(c3cn(CC(=O)O)c4c(F)ccc(F)c34)C2)cc1. The Labute approximate surface area is 190 Å². The normalized spacial score (nSPS) is 17.2. The minimum Gasteiger partial charge on any atom is -0.491 e. The second-order valence-corrected chi connectivity index (χ2v) is 10.3.